The van der Waals surface area contributed by atoms with Gasteiger partial charge in [0.2, 0.25) is 0 Å². The summed E-state index contributed by atoms with van der Waals surface area (Å²) in [6.07, 6.45) is 3.50. The molecule has 1 aliphatic rings. The largest absolute Gasteiger partial charge is 0.376 e. The Morgan fingerprint density at radius 2 is 2.04 bits per heavy atom. The van der Waals surface area contributed by atoms with Gasteiger partial charge in [0.05, 0.1) is 6.10 Å². The predicted molar refractivity (Wildman–Crippen MR) is 88.0 cm³/mol. The van der Waals surface area contributed by atoms with E-state index in [0.29, 0.717) is 6.54 Å². The molecule has 0 aliphatic carbocycles. The lowest BCUT2D eigenvalue weighted by atomic mass is 10.1. The molecule has 1 saturated heterocycles. The maximum absolute atomic E-state index is 11.7. The molecule has 0 saturated carbocycles. The average Bonchev–Trinajstić information content (AvgIpc) is 3.10. The lowest BCUT2D eigenvalue weighted by Gasteiger charge is -2.09. The quantitative estimate of drug-likeness (QED) is 0.473. The van der Waals surface area contributed by atoms with Gasteiger partial charge < -0.3 is 10.1 Å². The molecule has 0 spiro atoms. The topological polar surface area (TPSA) is 79.8 Å². The van der Waals surface area contributed by atoms with Crippen molar-refractivity contribution in [1.82, 2.24) is 10.7 Å². The molecular formula is C17H23N3O3. The predicted octanol–water partition coefficient (Wildman–Crippen LogP) is 1.41. The Labute approximate surface area is 136 Å². The molecule has 0 bridgehead atoms. The molecule has 23 heavy (non-hydrogen) atoms. The van der Waals surface area contributed by atoms with Crippen LogP contribution < -0.4 is 10.7 Å². The molecule has 1 atom stereocenters. The van der Waals surface area contributed by atoms with Crippen molar-refractivity contribution in [2.75, 3.05) is 13.2 Å². The highest BCUT2D eigenvalue weighted by atomic mass is 16.5. The van der Waals surface area contributed by atoms with Crippen LogP contribution >= 0.6 is 0 Å². The van der Waals surface area contributed by atoms with Crippen molar-refractivity contribution in [3.05, 3.63) is 35.9 Å². The summed E-state index contributed by atoms with van der Waals surface area (Å²) in [6, 6.07) is 10.0. The van der Waals surface area contributed by atoms with E-state index in [2.05, 4.69) is 15.8 Å². The van der Waals surface area contributed by atoms with Crippen molar-refractivity contribution in [1.29, 1.82) is 0 Å². The van der Waals surface area contributed by atoms with E-state index in [-0.39, 0.29) is 6.10 Å². The minimum atomic E-state index is -0.748. The molecule has 2 amide bonds. The second kappa shape index (κ2) is 9.05. The number of nitrogens with zero attached hydrogens (tertiary/aromatic N) is 1. The van der Waals surface area contributed by atoms with Crippen molar-refractivity contribution < 1.29 is 14.3 Å². The number of nitrogens with one attached hydrogen (secondary N) is 2. The maximum Gasteiger partial charge on any atom is 0.329 e. The summed E-state index contributed by atoms with van der Waals surface area (Å²) in [7, 11) is 0. The molecule has 124 valence electrons. The molecule has 0 aromatic heterocycles. The fourth-order valence-electron chi connectivity index (χ4n) is 2.31. The fraction of sp³-hybridized carbons (Fsp3) is 0.471. The van der Waals surface area contributed by atoms with Crippen LogP contribution in [0.5, 0.6) is 0 Å². The average molecular weight is 317 g/mol. The van der Waals surface area contributed by atoms with Gasteiger partial charge in [-0.25, -0.2) is 5.43 Å². The van der Waals surface area contributed by atoms with E-state index < -0.39 is 11.8 Å². The highest BCUT2D eigenvalue weighted by Crippen LogP contribution is 2.10. The van der Waals surface area contributed by atoms with Crippen LogP contribution in [-0.4, -0.2) is 36.8 Å². The molecule has 0 radical (unpaired) electrons. The Bertz CT molecular complexity index is 551. The Balaban J connectivity index is 1.67. The summed E-state index contributed by atoms with van der Waals surface area (Å²) in [6.45, 7) is 2.91. The third-order valence-electron chi connectivity index (χ3n) is 3.69. The first-order valence-corrected chi connectivity index (χ1v) is 7.92. The number of hydrazone groups is 1. The molecule has 1 heterocycles. The Morgan fingerprint density at radius 1 is 1.26 bits per heavy atom. The molecule has 1 aliphatic heterocycles. The van der Waals surface area contributed by atoms with E-state index in [0.717, 1.165) is 38.0 Å². The van der Waals surface area contributed by atoms with Crippen LogP contribution in [0, 0.1) is 0 Å². The van der Waals surface area contributed by atoms with Crippen LogP contribution in [-0.2, 0) is 20.7 Å². The molecule has 6 heteroatoms. The minimum absolute atomic E-state index is 0.0165. The lowest BCUT2D eigenvalue weighted by molar-refractivity contribution is -0.139. The van der Waals surface area contributed by atoms with Crippen LogP contribution in [0.3, 0.4) is 0 Å². The zero-order valence-electron chi connectivity index (χ0n) is 13.4. The van der Waals surface area contributed by atoms with Gasteiger partial charge >= 0.3 is 11.8 Å². The summed E-state index contributed by atoms with van der Waals surface area (Å²) in [4.78, 5) is 23.3. The van der Waals surface area contributed by atoms with Gasteiger partial charge in [-0.15, -0.1) is 0 Å². The number of hydrogen-bond acceptors (Lipinski definition) is 4. The van der Waals surface area contributed by atoms with Gasteiger partial charge in [0.25, 0.3) is 0 Å². The van der Waals surface area contributed by atoms with Crippen molar-refractivity contribution >= 4 is 17.5 Å². The molecular weight excluding hydrogens is 294 g/mol. The monoisotopic (exact) mass is 317 g/mol. The van der Waals surface area contributed by atoms with Crippen LogP contribution in [0.15, 0.2) is 35.4 Å². The summed E-state index contributed by atoms with van der Waals surface area (Å²) >= 11 is 0. The lowest BCUT2D eigenvalue weighted by Crippen LogP contribution is -2.41. The number of carbonyl (C=O) groups excluding carboxylic acids is 2. The Kier molecular flexibility index (Phi) is 6.75. The van der Waals surface area contributed by atoms with E-state index in [1.165, 1.54) is 5.56 Å². The van der Waals surface area contributed by atoms with Gasteiger partial charge in [-0.3, -0.25) is 9.59 Å². The second-order valence-electron chi connectivity index (χ2n) is 5.62. The number of hydrogen-bond donors (Lipinski definition) is 2. The first-order chi connectivity index (χ1) is 11.1. The van der Waals surface area contributed by atoms with E-state index in [9.17, 15) is 9.59 Å². The molecule has 1 fully saturated rings. The number of carbonyl (C=O) groups is 2. The summed E-state index contributed by atoms with van der Waals surface area (Å²) in [5, 5.41) is 6.53. The normalized spacial score (nSPS) is 17.8. The van der Waals surface area contributed by atoms with Crippen LogP contribution in [0.25, 0.3) is 0 Å². The number of aryl methyl sites for hydroxylation is 1. The number of benzene rings is 1. The van der Waals surface area contributed by atoms with E-state index in [4.69, 9.17) is 4.74 Å². The second-order valence-corrected chi connectivity index (χ2v) is 5.62. The zero-order valence-corrected chi connectivity index (χ0v) is 13.4. The Morgan fingerprint density at radius 3 is 2.74 bits per heavy atom. The minimum Gasteiger partial charge on any atom is -0.376 e. The first-order valence-electron chi connectivity index (χ1n) is 7.92. The standard InChI is InChI=1S/C17H23N3O3/c1-13(9-10-14-6-3-2-4-7-14)19-20-17(22)16(21)18-12-15-8-5-11-23-15/h2-4,6-7,15H,5,8-12H2,1H3,(H,18,21)(H,20,22)/b19-13-/t15-/m1/s1. The third kappa shape index (κ3) is 6.20. The molecule has 6 nitrogen and oxygen atoms in total. The van der Waals surface area contributed by atoms with Gasteiger partial charge in [-0.2, -0.15) is 5.10 Å². The fourth-order valence-corrected chi connectivity index (χ4v) is 2.31. The number of ether oxygens (including phenoxy) is 1. The molecule has 2 N–H and O–H groups in total. The summed E-state index contributed by atoms with van der Waals surface area (Å²) in [5.74, 6) is -1.43. The molecule has 1 aromatic carbocycles. The highest BCUT2D eigenvalue weighted by Gasteiger charge is 2.19. The molecule has 2 rings (SSSR count). The van der Waals surface area contributed by atoms with Crippen LogP contribution in [0.4, 0.5) is 0 Å². The SMILES string of the molecule is C/C(CCc1ccccc1)=N/NC(=O)C(=O)NC[C@H]1CCCO1. The summed E-state index contributed by atoms with van der Waals surface area (Å²) < 4.78 is 5.38. The van der Waals surface area contributed by atoms with E-state index >= 15 is 0 Å². The van der Waals surface area contributed by atoms with Gasteiger partial charge in [-0.05, 0) is 38.2 Å². The van der Waals surface area contributed by atoms with Crippen molar-refractivity contribution in [3.63, 3.8) is 0 Å². The van der Waals surface area contributed by atoms with Gasteiger partial charge in [0, 0.05) is 18.9 Å². The third-order valence-corrected chi connectivity index (χ3v) is 3.69. The van der Waals surface area contributed by atoms with E-state index in [1.54, 1.807) is 0 Å². The van der Waals surface area contributed by atoms with Crippen molar-refractivity contribution in [2.24, 2.45) is 5.10 Å². The van der Waals surface area contributed by atoms with E-state index in [1.807, 2.05) is 37.3 Å². The summed E-state index contributed by atoms with van der Waals surface area (Å²) in [5.41, 5.74) is 4.27. The number of rotatable bonds is 6. The Hall–Kier alpha value is -2.21. The van der Waals surface area contributed by atoms with Crippen LogP contribution in [0.1, 0.15) is 31.7 Å². The van der Waals surface area contributed by atoms with Crippen LogP contribution in [0.2, 0.25) is 0 Å². The van der Waals surface area contributed by atoms with Gasteiger partial charge in [-0.1, -0.05) is 30.3 Å². The zero-order chi connectivity index (χ0) is 16.5. The first kappa shape index (κ1) is 17.1. The maximum atomic E-state index is 11.7. The van der Waals surface area contributed by atoms with Crippen molar-refractivity contribution in [2.45, 2.75) is 38.7 Å². The number of amides is 2. The molecule has 0 unspecified atom stereocenters. The van der Waals surface area contributed by atoms with Gasteiger partial charge in [0.15, 0.2) is 0 Å². The van der Waals surface area contributed by atoms with Gasteiger partial charge in [0.1, 0.15) is 0 Å². The smallest absolute Gasteiger partial charge is 0.329 e. The van der Waals surface area contributed by atoms with Crippen molar-refractivity contribution in [3.8, 4) is 0 Å². The molecule has 1 aromatic rings. The highest BCUT2D eigenvalue weighted by molar-refractivity contribution is 6.35.